The minimum atomic E-state index is -1.20. The predicted molar refractivity (Wildman–Crippen MR) is 106 cm³/mol. The Hall–Kier alpha value is -0.856. The molecule has 0 N–H and O–H groups in total. The summed E-state index contributed by atoms with van der Waals surface area (Å²) in [7, 11) is -2.41. The lowest BCUT2D eigenvalue weighted by Gasteiger charge is -2.37. The van der Waals surface area contributed by atoms with Crippen molar-refractivity contribution < 1.29 is 4.42 Å². The van der Waals surface area contributed by atoms with Crippen LogP contribution in [0.2, 0.25) is 39.3 Å². The highest BCUT2D eigenvalue weighted by molar-refractivity contribution is 8.02. The highest BCUT2D eigenvalue weighted by atomic mass is 32.2. The fraction of sp³-hybridized carbons (Fsp3) is 0.529. The number of nitrogens with zero attached hydrogens (tertiary/aromatic N) is 2. The van der Waals surface area contributed by atoms with Gasteiger partial charge in [0.1, 0.15) is 0 Å². The van der Waals surface area contributed by atoms with E-state index in [0.29, 0.717) is 5.89 Å². The van der Waals surface area contributed by atoms with Crippen LogP contribution in [0.15, 0.2) is 28.7 Å². The molecule has 0 fully saturated rings. The molecule has 0 saturated heterocycles. The first-order valence-corrected chi connectivity index (χ1v) is 16.3. The molecule has 1 aromatic heterocycles. The third kappa shape index (κ3) is 5.06. The van der Waals surface area contributed by atoms with Crippen LogP contribution in [-0.2, 0) is 5.75 Å². The van der Waals surface area contributed by atoms with E-state index in [9.17, 15) is 0 Å². The molecule has 2 rings (SSSR count). The third-order valence-electron chi connectivity index (χ3n) is 3.71. The molecule has 0 amide bonds. The fourth-order valence-electron chi connectivity index (χ4n) is 3.08. The first kappa shape index (κ1) is 18.5. The van der Waals surface area contributed by atoms with Gasteiger partial charge in [-0.15, -0.1) is 10.2 Å². The summed E-state index contributed by atoms with van der Waals surface area (Å²) >= 11 is 2.03. The number of aryl methyl sites for hydroxylation is 1. The largest absolute Gasteiger partial charge is 0.420 e. The minimum Gasteiger partial charge on any atom is -0.420 e. The second-order valence-electron chi connectivity index (χ2n) is 8.29. The smallest absolute Gasteiger partial charge is 0.247 e. The zero-order chi connectivity index (χ0) is 17.3. The summed E-state index contributed by atoms with van der Waals surface area (Å²) in [5.41, 5.74) is 2.23. The van der Waals surface area contributed by atoms with Crippen molar-refractivity contribution in [1.82, 2.24) is 10.2 Å². The van der Waals surface area contributed by atoms with Gasteiger partial charge in [-0.25, -0.2) is 0 Å². The maximum absolute atomic E-state index is 5.87. The van der Waals surface area contributed by atoms with E-state index in [1.54, 1.807) is 0 Å². The molecule has 0 atom stereocenters. The van der Waals surface area contributed by atoms with Crippen molar-refractivity contribution in [2.24, 2.45) is 0 Å². The number of hydrogen-bond acceptors (Lipinski definition) is 4. The van der Waals surface area contributed by atoms with Crippen LogP contribution in [0, 0.1) is 6.92 Å². The molecule has 0 radical (unpaired) electrons. The molecular formula is C17H28N2OSSi2. The van der Waals surface area contributed by atoms with Crippen molar-refractivity contribution in [1.29, 1.82) is 0 Å². The summed E-state index contributed by atoms with van der Waals surface area (Å²) in [6.45, 7) is 16.9. The molecule has 0 aliphatic heterocycles. The Morgan fingerprint density at radius 3 is 2.04 bits per heavy atom. The van der Waals surface area contributed by atoms with Gasteiger partial charge in [0.25, 0.3) is 0 Å². The molecule has 0 aliphatic rings. The monoisotopic (exact) mass is 364 g/mol. The van der Waals surface area contributed by atoms with E-state index in [1.165, 1.54) is 5.56 Å². The summed E-state index contributed by atoms with van der Waals surface area (Å²) in [5.74, 6) is 2.18. The third-order valence-corrected chi connectivity index (χ3v) is 18.0. The van der Waals surface area contributed by atoms with Gasteiger partial charge in [-0.1, -0.05) is 57.0 Å². The zero-order valence-corrected chi connectivity index (χ0v) is 18.1. The molecular weight excluding hydrogens is 336 g/mol. The van der Waals surface area contributed by atoms with Crippen LogP contribution in [-0.4, -0.2) is 30.8 Å². The maximum Gasteiger partial charge on any atom is 0.247 e. The van der Waals surface area contributed by atoms with Crippen molar-refractivity contribution in [2.45, 2.75) is 56.5 Å². The Labute approximate surface area is 146 Å². The van der Waals surface area contributed by atoms with Crippen LogP contribution in [0.4, 0.5) is 0 Å². The van der Waals surface area contributed by atoms with E-state index >= 15 is 0 Å². The van der Waals surface area contributed by atoms with Crippen molar-refractivity contribution in [2.75, 3.05) is 0 Å². The molecule has 0 spiro atoms. The lowest BCUT2D eigenvalue weighted by atomic mass is 10.1. The molecule has 0 saturated carbocycles. The van der Waals surface area contributed by atoms with Crippen LogP contribution >= 0.6 is 11.8 Å². The normalized spacial score (nSPS) is 12.9. The Bertz CT molecular complexity index is 628. The molecule has 126 valence electrons. The van der Waals surface area contributed by atoms with E-state index in [2.05, 4.69) is 68.5 Å². The Kier molecular flexibility index (Phi) is 5.58. The molecule has 3 nitrogen and oxygen atoms in total. The molecule has 0 bridgehead atoms. The van der Waals surface area contributed by atoms with Gasteiger partial charge >= 0.3 is 0 Å². The van der Waals surface area contributed by atoms with Crippen LogP contribution < -0.4 is 0 Å². The average Bonchev–Trinajstić information content (AvgIpc) is 2.85. The lowest BCUT2D eigenvalue weighted by molar-refractivity contribution is 0.528. The lowest BCUT2D eigenvalue weighted by Crippen LogP contribution is -2.51. The van der Waals surface area contributed by atoms with E-state index in [0.717, 1.165) is 21.7 Å². The molecule has 6 heteroatoms. The van der Waals surface area contributed by atoms with Crippen LogP contribution in [0.1, 0.15) is 11.5 Å². The van der Waals surface area contributed by atoms with E-state index in [4.69, 9.17) is 4.42 Å². The molecule has 1 aromatic carbocycles. The molecule has 23 heavy (non-hydrogen) atoms. The molecule has 1 heterocycles. The Balaban J connectivity index is 2.08. The zero-order valence-electron chi connectivity index (χ0n) is 15.3. The number of rotatable bonds is 6. The first-order valence-electron chi connectivity index (χ1n) is 8.08. The standard InChI is InChI=1S/C17H28N2OSSi2/c1-13-8-10-14(11-9-13)16-19-18-15(20-16)12-21-17(22(2,3)4)23(5,6)7/h8-11,17H,12H2,1-7H3. The van der Waals surface area contributed by atoms with E-state index in [-0.39, 0.29) is 0 Å². The topological polar surface area (TPSA) is 38.9 Å². The van der Waals surface area contributed by atoms with E-state index in [1.807, 2.05) is 23.9 Å². The Morgan fingerprint density at radius 2 is 1.52 bits per heavy atom. The predicted octanol–water partition coefficient (Wildman–Crippen LogP) is 5.40. The second kappa shape index (κ2) is 6.95. The summed E-state index contributed by atoms with van der Waals surface area (Å²) < 4.78 is 6.66. The van der Waals surface area contributed by atoms with Crippen LogP contribution in [0.25, 0.3) is 11.5 Å². The summed E-state index contributed by atoms with van der Waals surface area (Å²) in [4.78, 5) is 0. The summed E-state index contributed by atoms with van der Waals surface area (Å²) in [6, 6.07) is 8.21. The van der Waals surface area contributed by atoms with Gasteiger partial charge in [0, 0.05) is 5.56 Å². The van der Waals surface area contributed by atoms with Gasteiger partial charge in [0.2, 0.25) is 11.8 Å². The molecule has 0 unspecified atom stereocenters. The highest BCUT2D eigenvalue weighted by Crippen LogP contribution is 2.33. The van der Waals surface area contributed by atoms with Gasteiger partial charge in [-0.3, -0.25) is 0 Å². The molecule has 0 aliphatic carbocycles. The number of thioether (sulfide) groups is 1. The van der Waals surface area contributed by atoms with Gasteiger partial charge in [0.05, 0.1) is 21.9 Å². The van der Waals surface area contributed by atoms with Crippen molar-refractivity contribution >= 4 is 27.9 Å². The van der Waals surface area contributed by atoms with Gasteiger partial charge in [-0.2, -0.15) is 11.8 Å². The number of aromatic nitrogens is 2. The van der Waals surface area contributed by atoms with Crippen LogP contribution in [0.5, 0.6) is 0 Å². The second-order valence-corrected chi connectivity index (χ2v) is 21.4. The van der Waals surface area contributed by atoms with Gasteiger partial charge in [-0.05, 0) is 23.6 Å². The number of benzene rings is 1. The summed E-state index contributed by atoms with van der Waals surface area (Å²) in [6.07, 6.45) is 0. The molecule has 2 aromatic rings. The van der Waals surface area contributed by atoms with Crippen molar-refractivity contribution in [3.8, 4) is 11.5 Å². The minimum absolute atomic E-state index is 0.623. The summed E-state index contributed by atoms with van der Waals surface area (Å²) in [5, 5.41) is 8.46. The van der Waals surface area contributed by atoms with Crippen molar-refractivity contribution in [3.05, 3.63) is 35.7 Å². The van der Waals surface area contributed by atoms with Gasteiger partial charge < -0.3 is 4.42 Å². The van der Waals surface area contributed by atoms with Crippen LogP contribution in [0.3, 0.4) is 0 Å². The van der Waals surface area contributed by atoms with Crippen molar-refractivity contribution in [3.63, 3.8) is 0 Å². The first-order chi connectivity index (χ1) is 10.6. The Morgan fingerprint density at radius 1 is 0.957 bits per heavy atom. The average molecular weight is 365 g/mol. The highest BCUT2D eigenvalue weighted by Gasteiger charge is 2.38. The fourth-order valence-corrected chi connectivity index (χ4v) is 18.4. The van der Waals surface area contributed by atoms with E-state index < -0.39 is 16.1 Å². The number of hydrogen-bond donors (Lipinski definition) is 0. The quantitative estimate of drug-likeness (QED) is 0.643. The SMILES string of the molecule is Cc1ccc(-c2nnc(CSC([Si](C)(C)C)[Si](C)(C)C)o2)cc1. The maximum atomic E-state index is 5.87. The van der Waals surface area contributed by atoms with Gasteiger partial charge in [0.15, 0.2) is 0 Å².